The van der Waals surface area contributed by atoms with Crippen LogP contribution >= 0.6 is 0 Å². The average molecular weight is 365 g/mol. The highest BCUT2D eigenvalue weighted by Crippen LogP contribution is 2.30. The number of benzene rings is 3. The molecule has 3 aromatic carbocycles. The van der Waals surface area contributed by atoms with Crippen LogP contribution < -0.4 is 5.32 Å². The summed E-state index contributed by atoms with van der Waals surface area (Å²) in [6.45, 7) is 0.186. The first kappa shape index (κ1) is 19.0. The van der Waals surface area contributed by atoms with Gasteiger partial charge in [0.1, 0.15) is 0 Å². The number of ether oxygens (including phenoxy) is 1. The van der Waals surface area contributed by atoms with Gasteiger partial charge in [-0.05, 0) is 33.5 Å². The summed E-state index contributed by atoms with van der Waals surface area (Å²) in [4.78, 5) is 12.5. The van der Waals surface area contributed by atoms with E-state index in [0.717, 1.165) is 27.5 Å². The molecule has 0 bridgehead atoms. The van der Waals surface area contributed by atoms with Crippen molar-refractivity contribution in [1.29, 1.82) is 0 Å². The highest BCUT2D eigenvalue weighted by Gasteiger charge is 2.13. The summed E-state index contributed by atoms with van der Waals surface area (Å²) < 4.78 is 5.16. The van der Waals surface area contributed by atoms with Gasteiger partial charge < -0.3 is 20.3 Å². The van der Waals surface area contributed by atoms with E-state index in [4.69, 9.17) is 9.84 Å². The Labute approximate surface area is 158 Å². The molecule has 0 radical (unpaired) electrons. The molecule has 0 heterocycles. The molecule has 0 spiro atoms. The van der Waals surface area contributed by atoms with Gasteiger partial charge in [0.2, 0.25) is 0 Å². The third-order valence-corrected chi connectivity index (χ3v) is 4.45. The van der Waals surface area contributed by atoms with E-state index >= 15 is 0 Å². The van der Waals surface area contributed by atoms with Crippen LogP contribution in [0.4, 0.5) is 0 Å². The molecule has 0 aliphatic carbocycles. The molecule has 0 fully saturated rings. The lowest BCUT2D eigenvalue weighted by Crippen LogP contribution is -2.33. The second kappa shape index (κ2) is 8.77. The summed E-state index contributed by atoms with van der Waals surface area (Å²) in [5.74, 6) is -0.277. The molecule has 5 heteroatoms. The first-order valence-corrected chi connectivity index (χ1v) is 8.81. The van der Waals surface area contributed by atoms with E-state index < -0.39 is 6.10 Å². The van der Waals surface area contributed by atoms with Gasteiger partial charge in [0, 0.05) is 19.2 Å². The van der Waals surface area contributed by atoms with Crippen LogP contribution in [-0.2, 0) is 11.3 Å². The number of methoxy groups -OCH3 is 1. The molecule has 0 saturated heterocycles. The molecule has 0 aromatic heterocycles. The van der Waals surface area contributed by atoms with Gasteiger partial charge in [-0.1, -0.05) is 54.6 Å². The number of hydrogen-bond donors (Lipinski definition) is 3. The van der Waals surface area contributed by atoms with E-state index in [2.05, 4.69) is 5.32 Å². The van der Waals surface area contributed by atoms with Crippen LogP contribution in [0, 0.1) is 0 Å². The third-order valence-electron chi connectivity index (χ3n) is 4.45. The van der Waals surface area contributed by atoms with E-state index in [1.54, 1.807) is 13.2 Å². The summed E-state index contributed by atoms with van der Waals surface area (Å²) in [5.41, 5.74) is 3.75. The lowest BCUT2D eigenvalue weighted by molar-refractivity contribution is 0.0803. The van der Waals surface area contributed by atoms with Crippen LogP contribution in [0.25, 0.3) is 21.9 Å². The van der Waals surface area contributed by atoms with Gasteiger partial charge in [-0.25, -0.2) is 0 Å². The van der Waals surface area contributed by atoms with Gasteiger partial charge in [-0.2, -0.15) is 0 Å². The van der Waals surface area contributed by atoms with E-state index in [0.29, 0.717) is 12.2 Å². The van der Waals surface area contributed by atoms with Crippen LogP contribution in [0.3, 0.4) is 0 Å². The number of rotatable bonds is 7. The number of hydrogen-bond acceptors (Lipinski definition) is 4. The minimum absolute atomic E-state index is 0.00632. The first-order valence-electron chi connectivity index (χ1n) is 8.81. The average Bonchev–Trinajstić information content (AvgIpc) is 2.71. The number of carbonyl (C=O) groups is 1. The minimum Gasteiger partial charge on any atom is -0.394 e. The smallest absolute Gasteiger partial charge is 0.252 e. The molecule has 3 aromatic rings. The normalized spacial score (nSPS) is 12.1. The molecular weight excluding hydrogens is 342 g/mol. The predicted octanol–water partition coefficient (Wildman–Crippen LogP) is 2.74. The molecule has 0 aliphatic heterocycles. The predicted molar refractivity (Wildman–Crippen MR) is 106 cm³/mol. The second-order valence-corrected chi connectivity index (χ2v) is 6.38. The van der Waals surface area contributed by atoms with Gasteiger partial charge in [-0.15, -0.1) is 0 Å². The fourth-order valence-corrected chi connectivity index (χ4v) is 3.08. The fourth-order valence-electron chi connectivity index (χ4n) is 3.08. The Hall–Kier alpha value is -2.73. The third kappa shape index (κ3) is 4.34. The number of amides is 1. The van der Waals surface area contributed by atoms with E-state index in [1.807, 2.05) is 54.6 Å². The van der Waals surface area contributed by atoms with Gasteiger partial charge in [-0.3, -0.25) is 4.79 Å². The Morgan fingerprint density at radius 1 is 1.04 bits per heavy atom. The van der Waals surface area contributed by atoms with Gasteiger partial charge in [0.15, 0.2) is 0 Å². The molecule has 0 saturated carbocycles. The van der Waals surface area contributed by atoms with Crippen LogP contribution in [0.5, 0.6) is 0 Å². The van der Waals surface area contributed by atoms with Crippen molar-refractivity contribution in [2.24, 2.45) is 0 Å². The zero-order valence-corrected chi connectivity index (χ0v) is 15.2. The highest BCUT2D eigenvalue weighted by molar-refractivity contribution is 6.10. The second-order valence-electron chi connectivity index (χ2n) is 6.38. The monoisotopic (exact) mass is 365 g/mol. The zero-order valence-electron chi connectivity index (χ0n) is 15.2. The van der Waals surface area contributed by atoms with Crippen molar-refractivity contribution in [2.75, 3.05) is 20.3 Å². The van der Waals surface area contributed by atoms with E-state index in [-0.39, 0.29) is 19.1 Å². The number of carbonyl (C=O) groups excluding carboxylic acids is 1. The van der Waals surface area contributed by atoms with E-state index in [9.17, 15) is 9.90 Å². The summed E-state index contributed by atoms with van der Waals surface area (Å²) in [7, 11) is 1.67. The van der Waals surface area contributed by atoms with E-state index in [1.165, 1.54) is 0 Å². The molecule has 3 rings (SSSR count). The van der Waals surface area contributed by atoms with Crippen molar-refractivity contribution in [3.05, 3.63) is 71.8 Å². The van der Waals surface area contributed by atoms with Crippen molar-refractivity contribution in [2.45, 2.75) is 12.7 Å². The fraction of sp³-hybridized carbons (Fsp3) is 0.227. The topological polar surface area (TPSA) is 78.8 Å². The maximum Gasteiger partial charge on any atom is 0.252 e. The van der Waals surface area contributed by atoms with Crippen molar-refractivity contribution in [1.82, 2.24) is 5.32 Å². The Morgan fingerprint density at radius 2 is 1.74 bits per heavy atom. The number of aliphatic hydroxyl groups is 2. The summed E-state index contributed by atoms with van der Waals surface area (Å²) in [5, 5.41) is 22.8. The van der Waals surface area contributed by atoms with Gasteiger partial charge in [0.25, 0.3) is 5.91 Å². The Balaban J connectivity index is 1.96. The molecule has 27 heavy (non-hydrogen) atoms. The van der Waals surface area contributed by atoms with Crippen molar-refractivity contribution in [3.63, 3.8) is 0 Å². The largest absolute Gasteiger partial charge is 0.394 e. The molecular formula is C22H23NO4. The van der Waals surface area contributed by atoms with Crippen LogP contribution in [-0.4, -0.2) is 42.5 Å². The number of aliphatic hydroxyl groups excluding tert-OH is 2. The number of fused-ring (bicyclic) bond motifs is 1. The Bertz CT molecular complexity index is 921. The molecule has 0 aliphatic rings. The highest BCUT2D eigenvalue weighted by atomic mass is 16.5. The summed E-state index contributed by atoms with van der Waals surface area (Å²) in [6.07, 6.45) is -0.967. The van der Waals surface area contributed by atoms with Crippen molar-refractivity contribution >= 4 is 16.7 Å². The van der Waals surface area contributed by atoms with Gasteiger partial charge in [0.05, 0.1) is 19.3 Å². The lowest BCUT2D eigenvalue weighted by atomic mass is 9.95. The molecule has 5 nitrogen and oxygen atoms in total. The van der Waals surface area contributed by atoms with Crippen LogP contribution in [0.2, 0.25) is 0 Å². The molecule has 140 valence electrons. The quantitative estimate of drug-likeness (QED) is 0.602. The first-order chi connectivity index (χ1) is 13.1. The SMILES string of the molecule is COCc1ccc(-c2cccc3c(C(=O)NCC(O)CO)cccc23)cc1. The lowest BCUT2D eigenvalue weighted by Gasteiger charge is -2.13. The molecule has 1 unspecified atom stereocenters. The molecule has 1 atom stereocenters. The van der Waals surface area contributed by atoms with Gasteiger partial charge >= 0.3 is 0 Å². The Kier molecular flexibility index (Phi) is 6.19. The summed E-state index contributed by atoms with van der Waals surface area (Å²) in [6, 6.07) is 19.6. The molecule has 3 N–H and O–H groups in total. The Morgan fingerprint density at radius 3 is 2.44 bits per heavy atom. The minimum atomic E-state index is -0.967. The standard InChI is InChI=1S/C22H23NO4/c1-27-14-15-8-10-16(11-9-15)18-4-2-6-20-19(18)5-3-7-21(20)22(26)23-12-17(25)13-24/h2-11,17,24-25H,12-14H2,1H3,(H,23,26). The summed E-state index contributed by atoms with van der Waals surface area (Å²) >= 11 is 0. The number of nitrogens with one attached hydrogen (secondary N) is 1. The van der Waals surface area contributed by atoms with Crippen LogP contribution in [0.1, 0.15) is 15.9 Å². The zero-order chi connectivity index (χ0) is 19.2. The van der Waals surface area contributed by atoms with Crippen molar-refractivity contribution in [3.8, 4) is 11.1 Å². The van der Waals surface area contributed by atoms with Crippen LogP contribution in [0.15, 0.2) is 60.7 Å². The maximum absolute atomic E-state index is 12.5. The maximum atomic E-state index is 12.5. The molecule has 1 amide bonds. The van der Waals surface area contributed by atoms with Crippen molar-refractivity contribution < 1.29 is 19.7 Å².